The van der Waals surface area contributed by atoms with Crippen LogP contribution in [-0.2, 0) is 11.2 Å². The van der Waals surface area contributed by atoms with Crippen molar-refractivity contribution < 1.29 is 18.7 Å². The number of rotatable bonds is 6. The van der Waals surface area contributed by atoms with Crippen LogP contribution in [0.25, 0.3) is 11.1 Å². The van der Waals surface area contributed by atoms with E-state index in [1.54, 1.807) is 6.07 Å². The number of piperidine rings is 3. The molecule has 0 saturated carbocycles. The van der Waals surface area contributed by atoms with E-state index in [9.17, 15) is 4.79 Å². The van der Waals surface area contributed by atoms with Gasteiger partial charge in [0.25, 0.3) is 0 Å². The number of hydrogen-bond donors (Lipinski definition) is 1. The van der Waals surface area contributed by atoms with Crippen molar-refractivity contribution in [2.75, 3.05) is 26.2 Å². The Kier molecular flexibility index (Phi) is 6.51. The number of ether oxygens (including phenoxy) is 2. The fourth-order valence-corrected chi connectivity index (χ4v) is 5.89. The molecule has 6 heteroatoms. The Labute approximate surface area is 208 Å². The van der Waals surface area contributed by atoms with Crippen molar-refractivity contribution in [2.45, 2.75) is 59.1 Å². The molecule has 3 saturated heterocycles. The van der Waals surface area contributed by atoms with Gasteiger partial charge in [0.2, 0.25) is 0 Å². The van der Waals surface area contributed by atoms with Crippen LogP contribution in [0.4, 0.5) is 9.18 Å². The number of nitrogens with zero attached hydrogens (tertiary/aromatic N) is 1. The summed E-state index contributed by atoms with van der Waals surface area (Å²) < 4.78 is 27.0. The van der Waals surface area contributed by atoms with Crippen LogP contribution >= 0.6 is 0 Å². The lowest BCUT2D eigenvalue weighted by atomic mass is 9.85. The molecule has 0 aromatic heterocycles. The Morgan fingerprint density at radius 2 is 1.89 bits per heavy atom. The van der Waals surface area contributed by atoms with E-state index in [1.165, 1.54) is 0 Å². The second-order valence-electron chi connectivity index (χ2n) is 11.6. The molecular weight excluding hydrogens is 443 g/mol. The summed E-state index contributed by atoms with van der Waals surface area (Å²) in [5.74, 6) is 1.41. The summed E-state index contributed by atoms with van der Waals surface area (Å²) in [6, 6.07) is 10.8. The highest BCUT2D eigenvalue weighted by molar-refractivity contribution is 5.70. The van der Waals surface area contributed by atoms with E-state index in [0.717, 1.165) is 61.3 Å². The van der Waals surface area contributed by atoms with E-state index in [4.69, 9.17) is 9.47 Å². The quantitative estimate of drug-likeness (QED) is 0.553. The van der Waals surface area contributed by atoms with Gasteiger partial charge >= 0.3 is 6.09 Å². The van der Waals surface area contributed by atoms with Crippen molar-refractivity contribution in [3.05, 3.63) is 53.3 Å². The van der Waals surface area contributed by atoms with Crippen LogP contribution in [0.2, 0.25) is 0 Å². The third-order valence-corrected chi connectivity index (χ3v) is 7.83. The summed E-state index contributed by atoms with van der Waals surface area (Å²) in [5.41, 5.74) is 3.07. The fraction of sp³-hybridized carbons (Fsp3) is 0.552. The Morgan fingerprint density at radius 3 is 2.51 bits per heavy atom. The number of hydrogen-bond acceptors (Lipinski definition) is 4. The molecule has 2 atom stereocenters. The first kappa shape index (κ1) is 24.1. The molecule has 1 aliphatic carbocycles. The number of carbonyl (C=O) groups is 1. The van der Waals surface area contributed by atoms with Gasteiger partial charge in [-0.25, -0.2) is 9.18 Å². The molecule has 35 heavy (non-hydrogen) atoms. The van der Waals surface area contributed by atoms with E-state index in [2.05, 4.69) is 37.9 Å². The molecule has 0 spiro atoms. The number of nitrogens with one attached hydrogen (secondary N) is 1. The van der Waals surface area contributed by atoms with Gasteiger partial charge in [-0.05, 0) is 90.6 Å². The van der Waals surface area contributed by atoms with Gasteiger partial charge in [-0.3, -0.25) is 4.90 Å². The second kappa shape index (κ2) is 9.45. The smallest absolute Gasteiger partial charge is 0.407 e. The molecule has 6 rings (SSSR count). The Hall–Kier alpha value is -2.60. The summed E-state index contributed by atoms with van der Waals surface area (Å²) >= 11 is 0. The van der Waals surface area contributed by atoms with Gasteiger partial charge in [0, 0.05) is 12.1 Å². The van der Waals surface area contributed by atoms with Crippen LogP contribution in [0.15, 0.2) is 36.4 Å². The SMILES string of the molecule is CC(C)COc1ccc(-c2cc3c(cc2F)C(NC(=O)O[C@H]2CN4CCC2CC4)C(C)(C)C3)cc1. The van der Waals surface area contributed by atoms with Gasteiger partial charge in [0.15, 0.2) is 0 Å². The molecule has 3 heterocycles. The lowest BCUT2D eigenvalue weighted by Gasteiger charge is -2.44. The van der Waals surface area contributed by atoms with Crippen LogP contribution < -0.4 is 10.1 Å². The molecule has 2 aromatic rings. The summed E-state index contributed by atoms with van der Waals surface area (Å²) in [6.45, 7) is 12.1. The normalized spacial score (nSPS) is 26.5. The maximum Gasteiger partial charge on any atom is 0.407 e. The van der Waals surface area contributed by atoms with E-state index in [0.29, 0.717) is 24.0 Å². The van der Waals surface area contributed by atoms with E-state index in [1.807, 2.05) is 30.3 Å². The molecule has 3 fully saturated rings. The van der Waals surface area contributed by atoms with E-state index >= 15 is 4.39 Å². The van der Waals surface area contributed by atoms with Crippen molar-refractivity contribution in [2.24, 2.45) is 17.3 Å². The Morgan fingerprint density at radius 1 is 1.17 bits per heavy atom. The topological polar surface area (TPSA) is 50.8 Å². The third-order valence-electron chi connectivity index (χ3n) is 7.83. The van der Waals surface area contributed by atoms with Crippen molar-refractivity contribution in [1.29, 1.82) is 0 Å². The minimum absolute atomic E-state index is 0.0481. The molecule has 1 unspecified atom stereocenters. The van der Waals surface area contributed by atoms with Gasteiger partial charge < -0.3 is 14.8 Å². The number of halogens is 1. The first-order valence-corrected chi connectivity index (χ1v) is 12.9. The summed E-state index contributed by atoms with van der Waals surface area (Å²) in [4.78, 5) is 15.3. The Balaban J connectivity index is 1.31. The zero-order valence-electron chi connectivity index (χ0n) is 21.3. The maximum atomic E-state index is 15.3. The van der Waals surface area contributed by atoms with Gasteiger partial charge in [0.05, 0.1) is 12.6 Å². The van der Waals surface area contributed by atoms with Crippen molar-refractivity contribution in [3.63, 3.8) is 0 Å². The molecule has 5 nitrogen and oxygen atoms in total. The molecule has 0 radical (unpaired) electrons. The number of carbonyl (C=O) groups excluding carboxylic acids is 1. The van der Waals surface area contributed by atoms with Crippen molar-refractivity contribution in [3.8, 4) is 16.9 Å². The Bertz CT molecular complexity index is 1070. The molecule has 3 aliphatic heterocycles. The molecule has 1 amide bonds. The highest BCUT2D eigenvalue weighted by Gasteiger charge is 2.42. The maximum absolute atomic E-state index is 15.3. The summed E-state index contributed by atoms with van der Waals surface area (Å²) in [7, 11) is 0. The van der Waals surface area contributed by atoms with Crippen LogP contribution in [0.3, 0.4) is 0 Å². The van der Waals surface area contributed by atoms with Gasteiger partial charge in [-0.1, -0.05) is 39.8 Å². The highest BCUT2D eigenvalue weighted by atomic mass is 19.1. The largest absolute Gasteiger partial charge is 0.493 e. The predicted molar refractivity (Wildman–Crippen MR) is 135 cm³/mol. The molecule has 2 bridgehead atoms. The van der Waals surface area contributed by atoms with Crippen LogP contribution in [0.5, 0.6) is 5.75 Å². The lowest BCUT2D eigenvalue weighted by Crippen LogP contribution is -2.53. The zero-order chi connectivity index (χ0) is 24.7. The first-order valence-electron chi connectivity index (χ1n) is 12.9. The fourth-order valence-electron chi connectivity index (χ4n) is 5.89. The van der Waals surface area contributed by atoms with Crippen LogP contribution in [0.1, 0.15) is 57.7 Å². The molecule has 4 aliphatic rings. The van der Waals surface area contributed by atoms with Crippen molar-refractivity contribution >= 4 is 6.09 Å². The minimum atomic E-state index is -0.392. The summed E-state index contributed by atoms with van der Waals surface area (Å²) in [6.07, 6.45) is 2.50. The van der Waals surface area contributed by atoms with Crippen molar-refractivity contribution in [1.82, 2.24) is 10.2 Å². The number of amides is 1. The monoisotopic (exact) mass is 480 g/mol. The highest BCUT2D eigenvalue weighted by Crippen LogP contribution is 2.47. The van der Waals surface area contributed by atoms with E-state index < -0.39 is 6.09 Å². The second-order valence-corrected chi connectivity index (χ2v) is 11.6. The average molecular weight is 481 g/mol. The molecule has 1 N–H and O–H groups in total. The third kappa shape index (κ3) is 5.04. The number of benzene rings is 2. The molecule has 2 aromatic carbocycles. The molecular formula is C29H37FN2O3. The number of alkyl carbamates (subject to hydrolysis) is 1. The summed E-state index contributed by atoms with van der Waals surface area (Å²) in [5, 5.41) is 3.09. The standard InChI is InChI=1S/C29H37FN2O3/c1-18(2)17-34-22-7-5-19(6-8-22)23-13-21-15-29(3,4)27(24(21)14-25(23)30)31-28(33)35-26-16-32-11-9-20(26)10-12-32/h5-8,13-14,18,20,26-27H,9-12,15-17H2,1-4H3,(H,31,33)/t26-,27?/m0/s1. The van der Waals surface area contributed by atoms with Gasteiger partial charge in [-0.2, -0.15) is 0 Å². The average Bonchev–Trinajstić information content (AvgIpc) is 3.07. The van der Waals surface area contributed by atoms with E-state index in [-0.39, 0.29) is 23.4 Å². The molecule has 188 valence electrons. The van der Waals surface area contributed by atoms with Gasteiger partial charge in [0.1, 0.15) is 17.7 Å². The zero-order valence-corrected chi connectivity index (χ0v) is 21.3. The van der Waals surface area contributed by atoms with Crippen LogP contribution in [-0.4, -0.2) is 43.3 Å². The first-order chi connectivity index (χ1) is 16.7. The lowest BCUT2D eigenvalue weighted by molar-refractivity contribution is -0.0349. The number of fused-ring (bicyclic) bond motifs is 4. The van der Waals surface area contributed by atoms with Crippen LogP contribution in [0, 0.1) is 23.1 Å². The minimum Gasteiger partial charge on any atom is -0.493 e. The van der Waals surface area contributed by atoms with Gasteiger partial charge in [-0.15, -0.1) is 0 Å². The predicted octanol–water partition coefficient (Wildman–Crippen LogP) is 5.97.